The maximum absolute atomic E-state index is 13.4. The van der Waals surface area contributed by atoms with Crippen LogP contribution in [0.1, 0.15) is 37.7 Å². The summed E-state index contributed by atoms with van der Waals surface area (Å²) in [4.78, 5) is 11.0. The van der Waals surface area contributed by atoms with Gasteiger partial charge in [0.15, 0.2) is 0 Å². The molecule has 0 fully saturated rings. The number of unbranched alkanes of at least 4 members (excludes halogenated alkanes) is 1. The topological polar surface area (TPSA) is 37.3 Å². The number of rotatable bonds is 5. The third-order valence-electron chi connectivity index (χ3n) is 2.43. The van der Waals surface area contributed by atoms with Gasteiger partial charge in [-0.25, -0.2) is 4.39 Å². The lowest BCUT2D eigenvalue weighted by atomic mass is 9.93. The van der Waals surface area contributed by atoms with Crippen molar-refractivity contribution in [3.8, 4) is 0 Å². The normalized spacial score (nSPS) is 12.4. The molecule has 0 amide bonds. The van der Waals surface area contributed by atoms with Gasteiger partial charge in [-0.2, -0.15) is 0 Å². The second kappa shape index (κ2) is 5.49. The summed E-state index contributed by atoms with van der Waals surface area (Å²) in [5.74, 6) is -2.10. The van der Waals surface area contributed by atoms with Crippen LogP contribution in [0.25, 0.3) is 0 Å². The van der Waals surface area contributed by atoms with E-state index in [4.69, 9.17) is 5.11 Å². The minimum Gasteiger partial charge on any atom is -0.481 e. The first-order valence-corrected chi connectivity index (χ1v) is 5.14. The van der Waals surface area contributed by atoms with E-state index in [0.29, 0.717) is 12.0 Å². The molecule has 1 aromatic rings. The smallest absolute Gasteiger partial charge is 0.311 e. The minimum absolute atomic E-state index is 0.290. The number of benzene rings is 1. The molecule has 15 heavy (non-hydrogen) atoms. The van der Waals surface area contributed by atoms with E-state index in [0.717, 1.165) is 12.8 Å². The number of carboxylic acid groups (broad SMARTS) is 1. The molecule has 0 saturated heterocycles. The molecule has 82 valence electrons. The van der Waals surface area contributed by atoms with Gasteiger partial charge in [0.2, 0.25) is 0 Å². The number of carbonyl (C=O) groups is 1. The summed E-state index contributed by atoms with van der Waals surface area (Å²) in [6.45, 7) is 1.99. The van der Waals surface area contributed by atoms with Crippen LogP contribution in [0.4, 0.5) is 4.39 Å². The van der Waals surface area contributed by atoms with Crippen LogP contribution >= 0.6 is 0 Å². The van der Waals surface area contributed by atoms with E-state index < -0.39 is 17.7 Å². The van der Waals surface area contributed by atoms with Gasteiger partial charge in [0, 0.05) is 5.56 Å². The number of carboxylic acids is 1. The van der Waals surface area contributed by atoms with Crippen molar-refractivity contribution in [3.63, 3.8) is 0 Å². The van der Waals surface area contributed by atoms with Crippen LogP contribution in [0.3, 0.4) is 0 Å². The first kappa shape index (κ1) is 11.7. The number of aliphatic carboxylic acids is 1. The Bertz CT molecular complexity index is 336. The molecule has 0 bridgehead atoms. The van der Waals surface area contributed by atoms with Gasteiger partial charge < -0.3 is 5.11 Å². The van der Waals surface area contributed by atoms with Crippen LogP contribution in [0, 0.1) is 5.82 Å². The summed E-state index contributed by atoms with van der Waals surface area (Å²) in [5.41, 5.74) is 0.290. The first-order valence-electron chi connectivity index (χ1n) is 5.14. The van der Waals surface area contributed by atoms with Crippen molar-refractivity contribution in [2.45, 2.75) is 32.1 Å². The molecule has 1 aromatic carbocycles. The maximum Gasteiger partial charge on any atom is 0.311 e. The fraction of sp³-hybridized carbons (Fsp3) is 0.417. The van der Waals surface area contributed by atoms with Gasteiger partial charge in [-0.15, -0.1) is 0 Å². The SMILES string of the molecule is CCCCC(C(=O)O)c1ccccc1F. The molecule has 1 atom stereocenters. The molecule has 1 unspecified atom stereocenters. The minimum atomic E-state index is -0.950. The molecule has 1 rings (SSSR count). The monoisotopic (exact) mass is 210 g/mol. The Morgan fingerprint density at radius 3 is 2.67 bits per heavy atom. The zero-order valence-corrected chi connectivity index (χ0v) is 8.74. The van der Waals surface area contributed by atoms with Gasteiger partial charge >= 0.3 is 5.97 Å². The summed E-state index contributed by atoms with van der Waals surface area (Å²) in [5, 5.41) is 9.01. The van der Waals surface area contributed by atoms with Crippen molar-refractivity contribution in [3.05, 3.63) is 35.6 Å². The molecule has 0 aliphatic rings. The van der Waals surface area contributed by atoms with E-state index in [1.165, 1.54) is 6.07 Å². The highest BCUT2D eigenvalue weighted by atomic mass is 19.1. The molecule has 3 heteroatoms. The van der Waals surface area contributed by atoms with E-state index in [1.54, 1.807) is 18.2 Å². The van der Waals surface area contributed by atoms with E-state index in [-0.39, 0.29) is 0 Å². The van der Waals surface area contributed by atoms with Crippen molar-refractivity contribution in [1.82, 2.24) is 0 Å². The molecular weight excluding hydrogens is 195 g/mol. The zero-order valence-electron chi connectivity index (χ0n) is 8.74. The lowest BCUT2D eigenvalue weighted by Gasteiger charge is -2.12. The van der Waals surface area contributed by atoms with Gasteiger partial charge in [-0.3, -0.25) is 4.79 Å². The molecule has 0 saturated carbocycles. The van der Waals surface area contributed by atoms with Gasteiger partial charge in [0.1, 0.15) is 5.82 Å². The average molecular weight is 210 g/mol. The van der Waals surface area contributed by atoms with Crippen molar-refractivity contribution >= 4 is 5.97 Å². The molecule has 0 aromatic heterocycles. The van der Waals surface area contributed by atoms with Crippen molar-refractivity contribution in [2.24, 2.45) is 0 Å². The van der Waals surface area contributed by atoms with E-state index >= 15 is 0 Å². The van der Waals surface area contributed by atoms with Crippen molar-refractivity contribution in [1.29, 1.82) is 0 Å². The summed E-state index contributed by atoms with van der Waals surface area (Å²) in [6, 6.07) is 6.08. The highest BCUT2D eigenvalue weighted by Crippen LogP contribution is 2.24. The second-order valence-electron chi connectivity index (χ2n) is 3.55. The third-order valence-corrected chi connectivity index (χ3v) is 2.43. The quantitative estimate of drug-likeness (QED) is 0.810. The van der Waals surface area contributed by atoms with E-state index in [2.05, 4.69) is 0 Å². The number of hydrogen-bond donors (Lipinski definition) is 1. The Labute approximate surface area is 88.7 Å². The Hall–Kier alpha value is -1.38. The summed E-state index contributed by atoms with van der Waals surface area (Å²) in [7, 11) is 0. The molecule has 0 spiro atoms. The first-order chi connectivity index (χ1) is 7.16. The fourth-order valence-electron chi connectivity index (χ4n) is 1.58. The summed E-state index contributed by atoms with van der Waals surface area (Å²) in [6.07, 6.45) is 2.20. The Balaban J connectivity index is 2.89. The highest BCUT2D eigenvalue weighted by molar-refractivity contribution is 5.76. The largest absolute Gasteiger partial charge is 0.481 e. The maximum atomic E-state index is 13.4. The Morgan fingerprint density at radius 2 is 2.13 bits per heavy atom. The molecule has 0 radical (unpaired) electrons. The lowest BCUT2D eigenvalue weighted by Crippen LogP contribution is -2.13. The van der Waals surface area contributed by atoms with Gasteiger partial charge in [0.25, 0.3) is 0 Å². The van der Waals surface area contributed by atoms with Gasteiger partial charge in [-0.05, 0) is 12.5 Å². The number of hydrogen-bond acceptors (Lipinski definition) is 1. The van der Waals surface area contributed by atoms with Crippen LogP contribution in [0.5, 0.6) is 0 Å². The fourth-order valence-corrected chi connectivity index (χ4v) is 1.58. The predicted octanol–water partition coefficient (Wildman–Crippen LogP) is 3.18. The van der Waals surface area contributed by atoms with Crippen LogP contribution in [0.2, 0.25) is 0 Å². The van der Waals surface area contributed by atoms with Gasteiger partial charge in [-0.1, -0.05) is 38.0 Å². The number of halogens is 1. The lowest BCUT2D eigenvalue weighted by molar-refractivity contribution is -0.139. The third kappa shape index (κ3) is 3.05. The summed E-state index contributed by atoms with van der Waals surface area (Å²) < 4.78 is 13.4. The summed E-state index contributed by atoms with van der Waals surface area (Å²) >= 11 is 0. The van der Waals surface area contributed by atoms with Crippen LogP contribution in [-0.4, -0.2) is 11.1 Å². The molecule has 0 heterocycles. The molecule has 2 nitrogen and oxygen atoms in total. The standard InChI is InChI=1S/C12H15FO2/c1-2-3-6-10(12(14)15)9-7-4-5-8-11(9)13/h4-5,7-8,10H,2-3,6H2,1H3,(H,14,15). The van der Waals surface area contributed by atoms with Crippen LogP contribution < -0.4 is 0 Å². The van der Waals surface area contributed by atoms with Gasteiger partial charge in [0.05, 0.1) is 5.92 Å². The zero-order chi connectivity index (χ0) is 11.3. The Kier molecular flexibility index (Phi) is 4.28. The highest BCUT2D eigenvalue weighted by Gasteiger charge is 2.21. The van der Waals surface area contributed by atoms with Crippen molar-refractivity contribution < 1.29 is 14.3 Å². The molecule has 0 aliphatic heterocycles. The Morgan fingerprint density at radius 1 is 1.47 bits per heavy atom. The van der Waals surface area contributed by atoms with Crippen LogP contribution in [0.15, 0.2) is 24.3 Å². The van der Waals surface area contributed by atoms with Crippen LogP contribution in [-0.2, 0) is 4.79 Å². The second-order valence-corrected chi connectivity index (χ2v) is 3.55. The molecule has 0 aliphatic carbocycles. The van der Waals surface area contributed by atoms with Crippen molar-refractivity contribution in [2.75, 3.05) is 0 Å². The average Bonchev–Trinajstić information content (AvgIpc) is 2.20. The van der Waals surface area contributed by atoms with E-state index in [1.807, 2.05) is 6.92 Å². The predicted molar refractivity (Wildman–Crippen MR) is 56.3 cm³/mol. The van der Waals surface area contributed by atoms with E-state index in [9.17, 15) is 9.18 Å². The molecular formula is C12H15FO2. The molecule has 1 N–H and O–H groups in total.